The number of thiazole rings is 1. The van der Waals surface area contributed by atoms with Gasteiger partial charge in [0.25, 0.3) is 0 Å². The lowest BCUT2D eigenvalue weighted by atomic mass is 10.2. The Kier molecular flexibility index (Phi) is 4.72. The molecule has 6 nitrogen and oxygen atoms in total. The van der Waals surface area contributed by atoms with Gasteiger partial charge < -0.3 is 20.1 Å². The number of carbonyl (C=O) groups is 1. The third-order valence-electron chi connectivity index (χ3n) is 4.84. The van der Waals surface area contributed by atoms with Gasteiger partial charge in [-0.2, -0.15) is 0 Å². The molecule has 1 atom stereocenters. The SMILES string of the molecule is C[C@H](Nc1ccc(-c2nc3ccccc3s2)cc1)C(=O)Nc1ccc2c(c1)OCO2. The van der Waals surface area contributed by atoms with Gasteiger partial charge >= 0.3 is 0 Å². The van der Waals surface area contributed by atoms with E-state index in [-0.39, 0.29) is 12.7 Å². The first-order chi connectivity index (χ1) is 14.7. The number of nitrogens with zero attached hydrogens (tertiary/aromatic N) is 1. The summed E-state index contributed by atoms with van der Waals surface area (Å²) in [7, 11) is 0. The fraction of sp³-hybridized carbons (Fsp3) is 0.130. The first kappa shape index (κ1) is 18.4. The van der Waals surface area contributed by atoms with E-state index in [1.807, 2.05) is 49.4 Å². The monoisotopic (exact) mass is 417 g/mol. The largest absolute Gasteiger partial charge is 0.454 e. The molecule has 1 aliphatic rings. The van der Waals surface area contributed by atoms with Crippen LogP contribution in [-0.2, 0) is 4.79 Å². The van der Waals surface area contributed by atoms with Gasteiger partial charge in [0.05, 0.1) is 10.2 Å². The summed E-state index contributed by atoms with van der Waals surface area (Å²) in [6.45, 7) is 2.03. The van der Waals surface area contributed by atoms with Crippen LogP contribution in [0, 0.1) is 0 Å². The first-order valence-electron chi connectivity index (χ1n) is 9.59. The molecular weight excluding hydrogens is 398 g/mol. The molecule has 0 spiro atoms. The Morgan fingerprint density at radius 1 is 1.00 bits per heavy atom. The molecule has 0 saturated heterocycles. The maximum absolute atomic E-state index is 12.6. The molecule has 0 saturated carbocycles. The van der Waals surface area contributed by atoms with E-state index in [1.165, 1.54) is 4.70 Å². The number of benzene rings is 3. The second-order valence-electron chi connectivity index (χ2n) is 6.99. The first-order valence-corrected chi connectivity index (χ1v) is 10.4. The van der Waals surface area contributed by atoms with E-state index in [1.54, 1.807) is 29.5 Å². The second kappa shape index (κ2) is 7.68. The molecule has 0 radical (unpaired) electrons. The van der Waals surface area contributed by atoms with E-state index in [9.17, 15) is 4.79 Å². The van der Waals surface area contributed by atoms with E-state index in [2.05, 4.69) is 21.7 Å². The number of amides is 1. The number of para-hydroxylation sites is 1. The maximum Gasteiger partial charge on any atom is 0.246 e. The Bertz CT molecular complexity index is 1190. The minimum Gasteiger partial charge on any atom is -0.454 e. The molecule has 150 valence electrons. The van der Waals surface area contributed by atoms with Crippen LogP contribution in [0.15, 0.2) is 66.7 Å². The molecule has 0 aliphatic carbocycles. The quantitative estimate of drug-likeness (QED) is 0.471. The van der Waals surface area contributed by atoms with Gasteiger partial charge in [-0.15, -0.1) is 11.3 Å². The van der Waals surface area contributed by atoms with Gasteiger partial charge in [0.2, 0.25) is 12.7 Å². The number of hydrogen-bond donors (Lipinski definition) is 2. The van der Waals surface area contributed by atoms with Crippen LogP contribution in [0.4, 0.5) is 11.4 Å². The third kappa shape index (κ3) is 3.67. The average Bonchev–Trinajstić information content (AvgIpc) is 3.40. The summed E-state index contributed by atoms with van der Waals surface area (Å²) in [5.41, 5.74) is 3.60. The normalized spacial score (nSPS) is 13.2. The second-order valence-corrected chi connectivity index (χ2v) is 8.02. The molecule has 0 unspecified atom stereocenters. The van der Waals surface area contributed by atoms with Gasteiger partial charge in [-0.1, -0.05) is 12.1 Å². The summed E-state index contributed by atoms with van der Waals surface area (Å²) >= 11 is 1.67. The van der Waals surface area contributed by atoms with Crippen molar-refractivity contribution in [2.24, 2.45) is 0 Å². The number of nitrogens with one attached hydrogen (secondary N) is 2. The zero-order valence-corrected chi connectivity index (χ0v) is 17.0. The van der Waals surface area contributed by atoms with Gasteiger partial charge in [0.15, 0.2) is 11.5 Å². The van der Waals surface area contributed by atoms with Crippen LogP contribution in [-0.4, -0.2) is 23.7 Å². The number of carbonyl (C=O) groups excluding carboxylic acids is 1. The van der Waals surface area contributed by atoms with Gasteiger partial charge in [0.1, 0.15) is 11.0 Å². The highest BCUT2D eigenvalue weighted by Gasteiger charge is 2.17. The van der Waals surface area contributed by atoms with Crippen molar-refractivity contribution in [1.82, 2.24) is 4.98 Å². The van der Waals surface area contributed by atoms with Crippen LogP contribution in [0.5, 0.6) is 11.5 Å². The Hall–Kier alpha value is -3.58. The van der Waals surface area contributed by atoms with Crippen LogP contribution in [0.3, 0.4) is 0 Å². The molecule has 5 rings (SSSR count). The molecule has 1 aromatic heterocycles. The summed E-state index contributed by atoms with van der Waals surface area (Å²) in [4.78, 5) is 17.2. The van der Waals surface area contributed by atoms with E-state index < -0.39 is 6.04 Å². The zero-order chi connectivity index (χ0) is 20.5. The lowest BCUT2D eigenvalue weighted by molar-refractivity contribution is -0.116. The van der Waals surface area contributed by atoms with Crippen LogP contribution < -0.4 is 20.1 Å². The molecule has 30 heavy (non-hydrogen) atoms. The van der Waals surface area contributed by atoms with Gasteiger partial charge in [-0.25, -0.2) is 4.98 Å². The molecule has 0 fully saturated rings. The van der Waals surface area contributed by atoms with Crippen molar-refractivity contribution in [3.05, 3.63) is 66.7 Å². The number of ether oxygens (including phenoxy) is 2. The average molecular weight is 417 g/mol. The van der Waals surface area contributed by atoms with Crippen LogP contribution in [0.1, 0.15) is 6.92 Å². The zero-order valence-electron chi connectivity index (χ0n) is 16.2. The van der Waals surface area contributed by atoms with Crippen molar-refractivity contribution < 1.29 is 14.3 Å². The molecule has 1 amide bonds. The van der Waals surface area contributed by atoms with E-state index >= 15 is 0 Å². The number of aromatic nitrogens is 1. The lowest BCUT2D eigenvalue weighted by Crippen LogP contribution is -2.31. The summed E-state index contributed by atoms with van der Waals surface area (Å²) in [5, 5.41) is 7.12. The number of hydrogen-bond acceptors (Lipinski definition) is 6. The van der Waals surface area contributed by atoms with E-state index in [4.69, 9.17) is 9.47 Å². The smallest absolute Gasteiger partial charge is 0.246 e. The summed E-state index contributed by atoms with van der Waals surface area (Å²) in [6.07, 6.45) is 0. The molecule has 0 bridgehead atoms. The van der Waals surface area contributed by atoms with Crippen LogP contribution >= 0.6 is 11.3 Å². The molecule has 1 aliphatic heterocycles. The summed E-state index contributed by atoms with van der Waals surface area (Å²) in [5.74, 6) is 1.19. The molecular formula is C23H19N3O3S. The van der Waals surface area contributed by atoms with Crippen molar-refractivity contribution in [3.8, 4) is 22.1 Å². The topological polar surface area (TPSA) is 72.5 Å². The Balaban J connectivity index is 1.24. The highest BCUT2D eigenvalue weighted by molar-refractivity contribution is 7.21. The number of fused-ring (bicyclic) bond motifs is 2. The van der Waals surface area contributed by atoms with Gasteiger partial charge in [-0.05, 0) is 55.5 Å². The Labute approximate surface area is 177 Å². The minimum atomic E-state index is -0.413. The number of rotatable bonds is 5. The molecule has 2 heterocycles. The Morgan fingerprint density at radius 3 is 2.60 bits per heavy atom. The van der Waals surface area contributed by atoms with E-state index in [0.29, 0.717) is 17.2 Å². The van der Waals surface area contributed by atoms with Gasteiger partial charge in [0, 0.05) is 23.0 Å². The van der Waals surface area contributed by atoms with Crippen molar-refractivity contribution in [2.75, 3.05) is 17.4 Å². The van der Waals surface area contributed by atoms with Gasteiger partial charge in [-0.3, -0.25) is 4.79 Å². The predicted octanol–water partition coefficient (Wildman–Crippen LogP) is 5.13. The minimum absolute atomic E-state index is 0.135. The summed E-state index contributed by atoms with van der Waals surface area (Å²) < 4.78 is 11.8. The number of anilines is 2. The highest BCUT2D eigenvalue weighted by atomic mass is 32.1. The fourth-order valence-electron chi connectivity index (χ4n) is 3.25. The van der Waals surface area contributed by atoms with E-state index in [0.717, 1.165) is 21.8 Å². The lowest BCUT2D eigenvalue weighted by Gasteiger charge is -2.15. The van der Waals surface area contributed by atoms with Crippen molar-refractivity contribution in [3.63, 3.8) is 0 Å². The third-order valence-corrected chi connectivity index (χ3v) is 5.93. The Morgan fingerprint density at radius 2 is 1.77 bits per heavy atom. The predicted molar refractivity (Wildman–Crippen MR) is 119 cm³/mol. The fourth-order valence-corrected chi connectivity index (χ4v) is 4.22. The van der Waals surface area contributed by atoms with Crippen molar-refractivity contribution >= 4 is 38.8 Å². The van der Waals surface area contributed by atoms with Crippen LogP contribution in [0.2, 0.25) is 0 Å². The maximum atomic E-state index is 12.6. The molecule has 2 N–H and O–H groups in total. The molecule has 3 aromatic carbocycles. The van der Waals surface area contributed by atoms with Crippen molar-refractivity contribution in [2.45, 2.75) is 13.0 Å². The van der Waals surface area contributed by atoms with Crippen molar-refractivity contribution in [1.29, 1.82) is 0 Å². The summed E-state index contributed by atoms with van der Waals surface area (Å²) in [6, 6.07) is 21.0. The highest BCUT2D eigenvalue weighted by Crippen LogP contribution is 2.34. The molecule has 4 aromatic rings. The molecule has 7 heteroatoms. The van der Waals surface area contributed by atoms with Crippen LogP contribution in [0.25, 0.3) is 20.8 Å². The standard InChI is InChI=1S/C23H19N3O3S/c1-14(22(27)25-17-10-11-19-20(12-17)29-13-28-19)24-16-8-6-15(7-9-16)23-26-18-4-2-3-5-21(18)30-23/h2-12,14,24H,13H2,1H3,(H,25,27)/t14-/m0/s1.